The van der Waals surface area contributed by atoms with Gasteiger partial charge in [-0.1, -0.05) is 6.07 Å². The largest absolute Gasteiger partial charge is 0.508 e. The molecule has 0 radical (unpaired) electrons. The molecule has 0 aliphatic rings. The summed E-state index contributed by atoms with van der Waals surface area (Å²) in [6.07, 6.45) is 0. The van der Waals surface area contributed by atoms with Crippen molar-refractivity contribution in [2.45, 2.75) is 0 Å². The van der Waals surface area contributed by atoms with Gasteiger partial charge < -0.3 is 16.2 Å². The number of amides is 1. The van der Waals surface area contributed by atoms with Gasteiger partial charge >= 0.3 is 0 Å². The first-order chi connectivity index (χ1) is 9.47. The van der Waals surface area contributed by atoms with Crippen molar-refractivity contribution in [1.82, 2.24) is 0 Å². The lowest BCUT2D eigenvalue weighted by molar-refractivity contribution is -0.384. The molecule has 7 nitrogen and oxygen atoms in total. The topological polar surface area (TPSA) is 118 Å². The van der Waals surface area contributed by atoms with Crippen LogP contribution in [0.15, 0.2) is 42.5 Å². The van der Waals surface area contributed by atoms with Crippen molar-refractivity contribution < 1.29 is 14.8 Å². The van der Waals surface area contributed by atoms with Gasteiger partial charge in [0.15, 0.2) is 0 Å². The van der Waals surface area contributed by atoms with Crippen molar-refractivity contribution in [1.29, 1.82) is 0 Å². The molecule has 0 saturated heterocycles. The Balaban J connectivity index is 2.30. The minimum atomic E-state index is -0.686. The number of nitrogens with two attached hydrogens (primary N) is 1. The van der Waals surface area contributed by atoms with Crippen LogP contribution in [0.3, 0.4) is 0 Å². The predicted octanol–water partition coefficient (Wildman–Crippen LogP) is 2.13. The number of aromatic hydroxyl groups is 1. The number of anilines is 2. The SMILES string of the molecule is Nc1cccc(C(=O)Nc2ccc(O)cc2[N+](=O)[O-])c1. The van der Waals surface area contributed by atoms with E-state index in [2.05, 4.69) is 5.32 Å². The van der Waals surface area contributed by atoms with Gasteiger partial charge in [0.05, 0.1) is 11.0 Å². The molecule has 0 unspecified atom stereocenters. The Morgan fingerprint density at radius 2 is 2.00 bits per heavy atom. The minimum absolute atomic E-state index is 0.000208. The first kappa shape index (κ1) is 13.3. The molecule has 0 spiro atoms. The fourth-order valence-electron chi connectivity index (χ4n) is 1.65. The number of rotatable bonds is 3. The quantitative estimate of drug-likeness (QED) is 0.342. The second kappa shape index (κ2) is 5.27. The monoisotopic (exact) mass is 273 g/mol. The van der Waals surface area contributed by atoms with E-state index in [9.17, 15) is 20.0 Å². The van der Waals surface area contributed by atoms with Crippen LogP contribution in [0.25, 0.3) is 0 Å². The summed E-state index contributed by atoms with van der Waals surface area (Å²) < 4.78 is 0. The summed E-state index contributed by atoms with van der Waals surface area (Å²) in [6, 6.07) is 9.71. The molecule has 0 aliphatic carbocycles. The van der Waals surface area contributed by atoms with E-state index in [1.807, 2.05) is 0 Å². The number of nitrogens with zero attached hydrogens (tertiary/aromatic N) is 1. The molecule has 0 atom stereocenters. The molecule has 4 N–H and O–H groups in total. The number of nitrogens with one attached hydrogen (secondary N) is 1. The van der Waals surface area contributed by atoms with Gasteiger partial charge in [0.25, 0.3) is 11.6 Å². The lowest BCUT2D eigenvalue weighted by Crippen LogP contribution is -2.13. The summed E-state index contributed by atoms with van der Waals surface area (Å²) in [5.41, 5.74) is 5.88. The first-order valence-electron chi connectivity index (χ1n) is 5.61. The summed E-state index contributed by atoms with van der Waals surface area (Å²) in [7, 11) is 0. The van der Waals surface area contributed by atoms with Gasteiger partial charge in [0.1, 0.15) is 11.4 Å². The second-order valence-electron chi connectivity index (χ2n) is 4.04. The van der Waals surface area contributed by atoms with Crippen molar-refractivity contribution in [2.75, 3.05) is 11.1 Å². The number of nitro groups is 1. The maximum atomic E-state index is 12.0. The van der Waals surface area contributed by atoms with Crippen molar-refractivity contribution in [2.24, 2.45) is 0 Å². The number of carbonyl (C=O) groups is 1. The van der Waals surface area contributed by atoms with E-state index in [0.29, 0.717) is 5.69 Å². The molecule has 7 heteroatoms. The smallest absolute Gasteiger partial charge is 0.296 e. The van der Waals surface area contributed by atoms with Crippen LogP contribution < -0.4 is 11.1 Å². The van der Waals surface area contributed by atoms with Crippen molar-refractivity contribution in [3.63, 3.8) is 0 Å². The van der Waals surface area contributed by atoms with Crippen molar-refractivity contribution >= 4 is 23.0 Å². The molecule has 2 rings (SSSR count). The number of hydrogen-bond donors (Lipinski definition) is 3. The number of hydrogen-bond acceptors (Lipinski definition) is 5. The van der Waals surface area contributed by atoms with E-state index in [0.717, 1.165) is 6.07 Å². The Kier molecular flexibility index (Phi) is 3.52. The number of phenols is 1. The van der Waals surface area contributed by atoms with E-state index in [4.69, 9.17) is 5.73 Å². The summed E-state index contributed by atoms with van der Waals surface area (Å²) in [5.74, 6) is -0.773. The van der Waals surface area contributed by atoms with E-state index in [-0.39, 0.29) is 22.7 Å². The summed E-state index contributed by atoms with van der Waals surface area (Å²) in [6.45, 7) is 0. The van der Waals surface area contributed by atoms with Gasteiger partial charge in [-0.05, 0) is 30.3 Å². The van der Waals surface area contributed by atoms with Crippen LogP contribution in [0.1, 0.15) is 10.4 Å². The molecule has 2 aromatic rings. The molecule has 102 valence electrons. The van der Waals surface area contributed by atoms with Crippen LogP contribution in [0, 0.1) is 10.1 Å². The lowest BCUT2D eigenvalue weighted by atomic mass is 10.2. The van der Waals surface area contributed by atoms with Crippen LogP contribution in [-0.4, -0.2) is 15.9 Å². The maximum absolute atomic E-state index is 12.0. The standard InChI is InChI=1S/C13H11N3O4/c14-9-3-1-2-8(6-9)13(18)15-11-5-4-10(17)7-12(11)16(19)20/h1-7,17H,14H2,(H,15,18). The van der Waals surface area contributed by atoms with Crippen molar-refractivity contribution in [3.05, 3.63) is 58.1 Å². The molecule has 1 amide bonds. The van der Waals surface area contributed by atoms with Gasteiger partial charge in [-0.25, -0.2) is 0 Å². The molecule has 0 aromatic heterocycles. The number of phenolic OH excluding ortho intramolecular Hbond substituents is 1. The third kappa shape index (κ3) is 2.83. The number of nitro benzene ring substituents is 1. The summed E-state index contributed by atoms with van der Waals surface area (Å²) >= 11 is 0. The molecule has 0 fully saturated rings. The molecule has 20 heavy (non-hydrogen) atoms. The fourth-order valence-corrected chi connectivity index (χ4v) is 1.65. The average Bonchev–Trinajstić information content (AvgIpc) is 2.40. The van der Waals surface area contributed by atoms with Crippen LogP contribution in [0.2, 0.25) is 0 Å². The second-order valence-corrected chi connectivity index (χ2v) is 4.04. The third-order valence-corrected chi connectivity index (χ3v) is 2.58. The highest BCUT2D eigenvalue weighted by atomic mass is 16.6. The highest BCUT2D eigenvalue weighted by molar-refractivity contribution is 6.05. The summed E-state index contributed by atoms with van der Waals surface area (Å²) in [5, 5.41) is 22.5. The normalized spacial score (nSPS) is 10.0. The van der Waals surface area contributed by atoms with Crippen LogP contribution in [-0.2, 0) is 0 Å². The van der Waals surface area contributed by atoms with E-state index in [1.165, 1.54) is 24.3 Å². The molecular weight excluding hydrogens is 262 g/mol. The highest BCUT2D eigenvalue weighted by Crippen LogP contribution is 2.28. The Bertz CT molecular complexity index is 685. The average molecular weight is 273 g/mol. The molecule has 0 bridgehead atoms. The third-order valence-electron chi connectivity index (χ3n) is 2.58. The Morgan fingerprint density at radius 1 is 1.25 bits per heavy atom. The molecule has 0 heterocycles. The van der Waals surface area contributed by atoms with Crippen LogP contribution >= 0.6 is 0 Å². The minimum Gasteiger partial charge on any atom is -0.508 e. The molecule has 0 aliphatic heterocycles. The predicted molar refractivity (Wildman–Crippen MR) is 73.6 cm³/mol. The van der Waals surface area contributed by atoms with Gasteiger partial charge in [0, 0.05) is 11.3 Å². The van der Waals surface area contributed by atoms with Gasteiger partial charge in [-0.2, -0.15) is 0 Å². The molecule has 0 saturated carbocycles. The Labute approximate surface area is 113 Å². The van der Waals surface area contributed by atoms with Crippen LogP contribution in [0.5, 0.6) is 5.75 Å². The number of benzene rings is 2. The zero-order valence-corrected chi connectivity index (χ0v) is 10.2. The highest BCUT2D eigenvalue weighted by Gasteiger charge is 2.17. The Morgan fingerprint density at radius 3 is 2.65 bits per heavy atom. The number of nitrogen functional groups attached to an aromatic ring is 1. The lowest BCUT2D eigenvalue weighted by Gasteiger charge is -2.06. The molecule has 2 aromatic carbocycles. The summed E-state index contributed by atoms with van der Waals surface area (Å²) in [4.78, 5) is 22.2. The van der Waals surface area contributed by atoms with E-state index < -0.39 is 10.8 Å². The zero-order valence-electron chi connectivity index (χ0n) is 10.2. The molecular formula is C13H11N3O4. The van der Waals surface area contributed by atoms with Crippen molar-refractivity contribution in [3.8, 4) is 5.75 Å². The van der Waals surface area contributed by atoms with E-state index in [1.54, 1.807) is 12.1 Å². The van der Waals surface area contributed by atoms with Gasteiger partial charge in [-0.3, -0.25) is 14.9 Å². The van der Waals surface area contributed by atoms with Gasteiger partial charge in [-0.15, -0.1) is 0 Å². The zero-order chi connectivity index (χ0) is 14.7. The van der Waals surface area contributed by atoms with E-state index >= 15 is 0 Å². The van der Waals surface area contributed by atoms with Gasteiger partial charge in [0.2, 0.25) is 0 Å². The maximum Gasteiger partial charge on any atom is 0.296 e. The Hall–Kier alpha value is -3.09. The number of carbonyl (C=O) groups excluding carboxylic acids is 1. The fraction of sp³-hybridized carbons (Fsp3) is 0. The van der Waals surface area contributed by atoms with Crippen LogP contribution in [0.4, 0.5) is 17.1 Å². The first-order valence-corrected chi connectivity index (χ1v) is 5.61.